The van der Waals surface area contributed by atoms with Gasteiger partial charge in [-0.25, -0.2) is 0 Å². The fourth-order valence-corrected chi connectivity index (χ4v) is 1.60. The van der Waals surface area contributed by atoms with Crippen molar-refractivity contribution in [2.75, 3.05) is 0 Å². The van der Waals surface area contributed by atoms with E-state index in [0.717, 1.165) is 0 Å². The van der Waals surface area contributed by atoms with Gasteiger partial charge in [0.15, 0.2) is 0 Å². The molecular weight excluding hydrogens is 196 g/mol. The van der Waals surface area contributed by atoms with Crippen LogP contribution in [0.3, 0.4) is 0 Å². The van der Waals surface area contributed by atoms with Gasteiger partial charge < -0.3 is 4.98 Å². The predicted molar refractivity (Wildman–Crippen MR) is 56.0 cm³/mol. The van der Waals surface area contributed by atoms with Crippen LogP contribution in [0.4, 0.5) is 5.69 Å². The van der Waals surface area contributed by atoms with E-state index in [1.165, 1.54) is 6.20 Å². The summed E-state index contributed by atoms with van der Waals surface area (Å²) in [5.74, 6) is 0. The van der Waals surface area contributed by atoms with E-state index in [2.05, 4.69) is 4.98 Å². The van der Waals surface area contributed by atoms with Gasteiger partial charge in [-0.15, -0.1) is 0 Å². The van der Waals surface area contributed by atoms with Gasteiger partial charge in [-0.2, -0.15) is 0 Å². The highest BCUT2D eigenvalue weighted by Crippen LogP contribution is 2.25. The number of aromatic nitrogens is 1. The molecule has 5 nitrogen and oxygen atoms in total. The van der Waals surface area contributed by atoms with Crippen LogP contribution < -0.4 is 5.56 Å². The summed E-state index contributed by atoms with van der Waals surface area (Å²) in [4.78, 5) is 24.3. The van der Waals surface area contributed by atoms with Crippen LogP contribution in [0.5, 0.6) is 0 Å². The second kappa shape index (κ2) is 3.20. The van der Waals surface area contributed by atoms with Crippen LogP contribution in [-0.4, -0.2) is 9.91 Å². The molecule has 5 heteroatoms. The van der Waals surface area contributed by atoms with Crippen molar-refractivity contribution in [3.05, 3.63) is 50.4 Å². The Balaban J connectivity index is 3.04. The molecule has 15 heavy (non-hydrogen) atoms. The molecule has 0 unspecified atom stereocenters. The van der Waals surface area contributed by atoms with Crippen molar-refractivity contribution in [1.82, 2.24) is 4.98 Å². The Bertz CT molecular complexity index is 601. The van der Waals surface area contributed by atoms with Crippen molar-refractivity contribution in [2.45, 2.75) is 6.92 Å². The van der Waals surface area contributed by atoms with Gasteiger partial charge in [0.05, 0.1) is 4.92 Å². The molecule has 0 aliphatic carbocycles. The molecule has 0 saturated heterocycles. The van der Waals surface area contributed by atoms with Gasteiger partial charge in [0, 0.05) is 11.8 Å². The number of hydrogen-bond donors (Lipinski definition) is 1. The number of aromatic amines is 1. The highest BCUT2D eigenvalue weighted by atomic mass is 16.6. The van der Waals surface area contributed by atoms with Crippen LogP contribution in [0, 0.1) is 17.0 Å². The van der Waals surface area contributed by atoms with Gasteiger partial charge in [-0.05, 0) is 18.4 Å². The number of nitrogens with one attached hydrogen (secondary N) is 1. The van der Waals surface area contributed by atoms with Crippen LogP contribution >= 0.6 is 0 Å². The minimum Gasteiger partial charge on any atom is -0.328 e. The lowest BCUT2D eigenvalue weighted by Crippen LogP contribution is -2.08. The van der Waals surface area contributed by atoms with Crippen LogP contribution in [-0.2, 0) is 0 Å². The van der Waals surface area contributed by atoms with E-state index < -0.39 is 10.5 Å². The van der Waals surface area contributed by atoms with Crippen molar-refractivity contribution in [2.24, 2.45) is 0 Å². The van der Waals surface area contributed by atoms with Crippen molar-refractivity contribution in [1.29, 1.82) is 0 Å². The maximum absolute atomic E-state index is 11.5. The molecule has 0 saturated carbocycles. The van der Waals surface area contributed by atoms with Gasteiger partial charge in [-0.3, -0.25) is 14.9 Å². The Labute approximate surface area is 84.5 Å². The number of fused-ring (bicyclic) bond motifs is 1. The van der Waals surface area contributed by atoms with Gasteiger partial charge in [0.1, 0.15) is 5.39 Å². The lowest BCUT2D eigenvalue weighted by Gasteiger charge is -2.00. The zero-order chi connectivity index (χ0) is 11.0. The summed E-state index contributed by atoms with van der Waals surface area (Å²) in [6.45, 7) is 1.62. The van der Waals surface area contributed by atoms with Crippen molar-refractivity contribution in [3.8, 4) is 0 Å². The first-order valence-electron chi connectivity index (χ1n) is 4.36. The van der Waals surface area contributed by atoms with Crippen molar-refractivity contribution < 1.29 is 4.92 Å². The molecule has 0 radical (unpaired) electrons. The monoisotopic (exact) mass is 204 g/mol. The third kappa shape index (κ3) is 1.38. The second-order valence-electron chi connectivity index (χ2n) is 3.26. The number of nitro groups is 1. The average molecular weight is 204 g/mol. The molecule has 2 aromatic rings. The molecule has 0 fully saturated rings. The largest absolute Gasteiger partial charge is 0.328 e. The lowest BCUT2D eigenvalue weighted by atomic mass is 10.1. The third-order valence-electron chi connectivity index (χ3n) is 2.30. The maximum Gasteiger partial charge on any atom is 0.285 e. The Morgan fingerprint density at radius 2 is 2.07 bits per heavy atom. The maximum atomic E-state index is 11.5. The second-order valence-corrected chi connectivity index (χ2v) is 3.26. The van der Waals surface area contributed by atoms with Crippen LogP contribution in [0.1, 0.15) is 5.56 Å². The lowest BCUT2D eigenvalue weighted by molar-refractivity contribution is -0.383. The molecule has 1 N–H and O–H groups in total. The number of pyridine rings is 1. The summed E-state index contributed by atoms with van der Waals surface area (Å²) in [6.07, 6.45) is 1.48. The number of hydrogen-bond acceptors (Lipinski definition) is 3. The summed E-state index contributed by atoms with van der Waals surface area (Å²) in [5, 5.41) is 11.6. The molecule has 0 aliphatic heterocycles. The van der Waals surface area contributed by atoms with E-state index in [0.29, 0.717) is 10.9 Å². The number of H-pyrrole nitrogens is 1. The zero-order valence-corrected chi connectivity index (χ0v) is 7.98. The first-order valence-corrected chi connectivity index (χ1v) is 4.36. The summed E-state index contributed by atoms with van der Waals surface area (Å²) in [5.41, 5.74) is -0.0542. The number of aryl methyl sites for hydroxylation is 1. The fraction of sp³-hybridized carbons (Fsp3) is 0.100. The quantitative estimate of drug-likeness (QED) is 0.567. The van der Waals surface area contributed by atoms with E-state index >= 15 is 0 Å². The Morgan fingerprint density at radius 1 is 1.33 bits per heavy atom. The topological polar surface area (TPSA) is 76.0 Å². The smallest absolute Gasteiger partial charge is 0.285 e. The first kappa shape index (κ1) is 9.39. The molecular formula is C10H8N2O3. The average Bonchev–Trinajstić information content (AvgIpc) is 2.18. The highest BCUT2D eigenvalue weighted by Gasteiger charge is 2.17. The molecule has 1 aromatic carbocycles. The molecule has 0 atom stereocenters. The number of nitro benzene ring substituents is 1. The summed E-state index contributed by atoms with van der Waals surface area (Å²) >= 11 is 0. The van der Waals surface area contributed by atoms with Gasteiger partial charge in [0.2, 0.25) is 0 Å². The molecule has 0 aliphatic rings. The van der Waals surface area contributed by atoms with Crippen molar-refractivity contribution >= 4 is 16.5 Å². The Hall–Kier alpha value is -2.17. The Kier molecular flexibility index (Phi) is 2.00. The van der Waals surface area contributed by atoms with E-state index in [-0.39, 0.29) is 11.1 Å². The molecule has 2 rings (SSSR count). The number of benzene rings is 1. The molecule has 0 bridgehead atoms. The van der Waals surface area contributed by atoms with Crippen LogP contribution in [0.2, 0.25) is 0 Å². The van der Waals surface area contributed by atoms with Gasteiger partial charge in [-0.1, -0.05) is 12.1 Å². The van der Waals surface area contributed by atoms with E-state index in [1.807, 2.05) is 0 Å². The minimum atomic E-state index is -0.521. The predicted octanol–water partition coefficient (Wildman–Crippen LogP) is 1.74. The molecule has 1 aromatic heterocycles. The van der Waals surface area contributed by atoms with Gasteiger partial charge >= 0.3 is 0 Å². The van der Waals surface area contributed by atoms with Crippen LogP contribution in [0.15, 0.2) is 29.2 Å². The number of rotatable bonds is 1. The minimum absolute atomic E-state index is 0.116. The third-order valence-corrected chi connectivity index (χ3v) is 2.30. The molecule has 0 amide bonds. The first-order chi connectivity index (χ1) is 7.11. The van der Waals surface area contributed by atoms with Crippen LogP contribution in [0.25, 0.3) is 10.8 Å². The normalized spacial score (nSPS) is 10.5. The zero-order valence-electron chi connectivity index (χ0n) is 7.98. The summed E-state index contributed by atoms with van der Waals surface area (Å²) < 4.78 is 0. The number of nitrogens with zero attached hydrogens (tertiary/aromatic N) is 1. The molecule has 0 spiro atoms. The fourth-order valence-electron chi connectivity index (χ4n) is 1.60. The Morgan fingerprint density at radius 3 is 2.73 bits per heavy atom. The van der Waals surface area contributed by atoms with E-state index in [4.69, 9.17) is 0 Å². The highest BCUT2D eigenvalue weighted by molar-refractivity contribution is 5.91. The standard InChI is InChI=1S/C10H8N2O3/c1-6-2-3-7-4-5-11-10(13)8(7)9(6)12(14)15/h2-5H,1H3,(H,11,13). The van der Waals surface area contributed by atoms with E-state index in [9.17, 15) is 14.9 Å². The van der Waals surface area contributed by atoms with E-state index in [1.54, 1.807) is 25.1 Å². The summed E-state index contributed by atoms with van der Waals surface area (Å²) in [6, 6.07) is 4.98. The SMILES string of the molecule is Cc1ccc2cc[nH]c(=O)c2c1[N+](=O)[O-]. The van der Waals surface area contributed by atoms with Crippen molar-refractivity contribution in [3.63, 3.8) is 0 Å². The summed E-state index contributed by atoms with van der Waals surface area (Å²) in [7, 11) is 0. The van der Waals surface area contributed by atoms with Gasteiger partial charge in [0.25, 0.3) is 11.2 Å². The molecule has 76 valence electrons. The molecule has 1 heterocycles.